The number of rotatable bonds is 4. The van der Waals surface area contributed by atoms with E-state index in [-0.39, 0.29) is 17.2 Å². The van der Waals surface area contributed by atoms with Crippen LogP contribution in [0.15, 0.2) is 47.4 Å². The average Bonchev–Trinajstić information content (AvgIpc) is 2.87. The van der Waals surface area contributed by atoms with Crippen LogP contribution in [0.1, 0.15) is 11.1 Å². The van der Waals surface area contributed by atoms with Crippen LogP contribution in [0.5, 0.6) is 11.5 Å². The number of aryl methyl sites for hydroxylation is 1. The number of ether oxygens (including phenoxy) is 1. The zero-order valence-electron chi connectivity index (χ0n) is 13.4. The molecule has 124 valence electrons. The van der Waals surface area contributed by atoms with Crippen LogP contribution in [0.4, 0.5) is 5.69 Å². The van der Waals surface area contributed by atoms with Crippen LogP contribution in [0.25, 0.3) is 6.08 Å². The van der Waals surface area contributed by atoms with Crippen LogP contribution < -0.4 is 15.4 Å². The number of nitrogens with one attached hydrogen (secondary N) is 2. The van der Waals surface area contributed by atoms with Gasteiger partial charge in [0, 0.05) is 0 Å². The van der Waals surface area contributed by atoms with Gasteiger partial charge in [-0.1, -0.05) is 30.0 Å². The van der Waals surface area contributed by atoms with Crippen LogP contribution >= 0.6 is 11.8 Å². The third-order valence-electron chi connectivity index (χ3n) is 3.54. The highest BCUT2D eigenvalue weighted by Crippen LogP contribution is 2.33. The van der Waals surface area contributed by atoms with Crippen LogP contribution in [-0.4, -0.2) is 23.6 Å². The third-order valence-corrected chi connectivity index (χ3v) is 4.57. The van der Waals surface area contributed by atoms with Crippen molar-refractivity contribution in [2.24, 2.45) is 0 Å². The van der Waals surface area contributed by atoms with Gasteiger partial charge in [0.25, 0.3) is 5.91 Å². The van der Waals surface area contributed by atoms with Gasteiger partial charge < -0.3 is 20.5 Å². The van der Waals surface area contributed by atoms with Gasteiger partial charge in [0.15, 0.2) is 5.50 Å². The van der Waals surface area contributed by atoms with Gasteiger partial charge in [0.2, 0.25) is 0 Å². The van der Waals surface area contributed by atoms with E-state index in [1.807, 2.05) is 31.2 Å². The fourth-order valence-corrected chi connectivity index (χ4v) is 3.38. The highest BCUT2D eigenvalue weighted by atomic mass is 32.2. The minimum atomic E-state index is -0.281. The lowest BCUT2D eigenvalue weighted by Crippen LogP contribution is -2.31. The Balaban J connectivity index is 1.77. The summed E-state index contributed by atoms with van der Waals surface area (Å²) in [7, 11) is 1.61. The molecule has 0 saturated carbocycles. The summed E-state index contributed by atoms with van der Waals surface area (Å²) in [4.78, 5) is 12.7. The number of carbonyl (C=O) groups excluding carboxylic acids is 1. The summed E-state index contributed by atoms with van der Waals surface area (Å²) in [6.07, 6.45) is 1.76. The first-order valence-electron chi connectivity index (χ1n) is 7.44. The lowest BCUT2D eigenvalue weighted by molar-refractivity contribution is -0.116. The summed E-state index contributed by atoms with van der Waals surface area (Å²) in [5.41, 5.74) is 2.43. The highest BCUT2D eigenvalue weighted by Gasteiger charge is 2.27. The molecule has 1 saturated heterocycles. The predicted octanol–water partition coefficient (Wildman–Crippen LogP) is 3.31. The maximum Gasteiger partial charge on any atom is 0.260 e. The number of thioether (sulfide) groups is 1. The molecule has 1 amide bonds. The van der Waals surface area contributed by atoms with Gasteiger partial charge in [0.05, 0.1) is 17.7 Å². The van der Waals surface area contributed by atoms with E-state index in [1.165, 1.54) is 11.8 Å². The molecular weight excluding hydrogens is 324 g/mol. The summed E-state index contributed by atoms with van der Waals surface area (Å²) in [5, 5.41) is 15.7. The third kappa shape index (κ3) is 3.65. The van der Waals surface area contributed by atoms with E-state index in [9.17, 15) is 9.90 Å². The van der Waals surface area contributed by atoms with Gasteiger partial charge in [-0.2, -0.15) is 0 Å². The molecule has 1 aliphatic heterocycles. The fourth-order valence-electron chi connectivity index (χ4n) is 2.41. The van der Waals surface area contributed by atoms with E-state index in [1.54, 1.807) is 31.4 Å². The fraction of sp³-hybridized carbons (Fsp3) is 0.167. The smallest absolute Gasteiger partial charge is 0.260 e. The van der Waals surface area contributed by atoms with Gasteiger partial charge in [-0.25, -0.2) is 0 Å². The molecule has 24 heavy (non-hydrogen) atoms. The van der Waals surface area contributed by atoms with E-state index >= 15 is 0 Å². The second-order valence-corrected chi connectivity index (χ2v) is 6.57. The Labute approximate surface area is 144 Å². The van der Waals surface area contributed by atoms with Gasteiger partial charge in [-0.3, -0.25) is 4.79 Å². The van der Waals surface area contributed by atoms with Crippen molar-refractivity contribution >= 4 is 29.4 Å². The standard InChI is InChI=1S/C18H18N2O3S/c1-11-6-7-15(23-2)14(8-11)19-18-20-17(22)16(24-18)10-12-4-3-5-13(21)9-12/h3-10,18-19,21H,1-2H3,(H,20,22)/b16-10-. The lowest BCUT2D eigenvalue weighted by Gasteiger charge is -2.16. The lowest BCUT2D eigenvalue weighted by atomic mass is 10.2. The molecule has 3 rings (SSSR count). The number of amides is 1. The Hall–Kier alpha value is -2.60. The molecular formula is C18H18N2O3S. The number of phenolic OH excluding ortho intramolecular Hbond substituents is 1. The van der Waals surface area contributed by atoms with E-state index in [0.29, 0.717) is 4.91 Å². The molecule has 1 unspecified atom stereocenters. The summed E-state index contributed by atoms with van der Waals surface area (Å²) in [5.74, 6) is 0.750. The van der Waals surface area contributed by atoms with Gasteiger partial charge >= 0.3 is 0 Å². The number of hydrogen-bond acceptors (Lipinski definition) is 5. The van der Waals surface area contributed by atoms with Crippen molar-refractivity contribution in [1.29, 1.82) is 0 Å². The van der Waals surface area contributed by atoms with Crippen molar-refractivity contribution in [3.63, 3.8) is 0 Å². The topological polar surface area (TPSA) is 70.6 Å². The molecule has 0 radical (unpaired) electrons. The first-order valence-corrected chi connectivity index (χ1v) is 8.32. The van der Waals surface area contributed by atoms with Crippen LogP contribution in [0.3, 0.4) is 0 Å². The van der Waals surface area contributed by atoms with Crippen molar-refractivity contribution < 1.29 is 14.6 Å². The molecule has 0 aromatic heterocycles. The number of aromatic hydroxyl groups is 1. The molecule has 1 aliphatic rings. The molecule has 1 fully saturated rings. The zero-order valence-corrected chi connectivity index (χ0v) is 14.2. The van der Waals surface area contributed by atoms with Crippen molar-refractivity contribution in [2.45, 2.75) is 12.4 Å². The zero-order chi connectivity index (χ0) is 17.1. The summed E-state index contributed by atoms with van der Waals surface area (Å²) >= 11 is 1.39. The number of hydrogen-bond donors (Lipinski definition) is 3. The monoisotopic (exact) mass is 342 g/mol. The minimum Gasteiger partial charge on any atom is -0.508 e. The van der Waals surface area contributed by atoms with Crippen molar-refractivity contribution in [2.75, 3.05) is 12.4 Å². The summed E-state index contributed by atoms with van der Waals surface area (Å²) in [6.45, 7) is 2.00. The van der Waals surface area contributed by atoms with Crippen LogP contribution in [-0.2, 0) is 4.79 Å². The SMILES string of the molecule is COc1ccc(C)cc1NC1NC(=O)/C(=C/c2cccc(O)c2)S1. The molecule has 6 heteroatoms. The second kappa shape index (κ2) is 6.88. The van der Waals surface area contributed by atoms with E-state index in [0.717, 1.165) is 22.6 Å². The number of methoxy groups -OCH3 is 1. The quantitative estimate of drug-likeness (QED) is 0.744. The molecule has 0 bridgehead atoms. The summed E-state index contributed by atoms with van der Waals surface area (Å²) in [6, 6.07) is 12.6. The first kappa shape index (κ1) is 16.3. The maximum absolute atomic E-state index is 12.2. The molecule has 2 aromatic rings. The molecule has 5 nitrogen and oxygen atoms in total. The van der Waals surface area contributed by atoms with Gasteiger partial charge in [-0.05, 0) is 48.4 Å². The Morgan fingerprint density at radius 3 is 2.88 bits per heavy atom. The van der Waals surface area contributed by atoms with Gasteiger partial charge in [-0.15, -0.1) is 0 Å². The van der Waals surface area contributed by atoms with Gasteiger partial charge in [0.1, 0.15) is 11.5 Å². The van der Waals surface area contributed by atoms with E-state index < -0.39 is 0 Å². The highest BCUT2D eigenvalue weighted by molar-refractivity contribution is 8.05. The largest absolute Gasteiger partial charge is 0.508 e. The Bertz CT molecular complexity index is 805. The number of phenols is 1. The molecule has 1 atom stereocenters. The molecule has 0 spiro atoms. The number of carbonyl (C=O) groups is 1. The maximum atomic E-state index is 12.2. The first-order chi connectivity index (χ1) is 11.5. The average molecular weight is 342 g/mol. The van der Waals surface area contributed by atoms with Crippen LogP contribution in [0.2, 0.25) is 0 Å². The van der Waals surface area contributed by atoms with Crippen molar-refractivity contribution in [1.82, 2.24) is 5.32 Å². The van der Waals surface area contributed by atoms with Crippen LogP contribution in [0, 0.1) is 6.92 Å². The summed E-state index contributed by atoms with van der Waals surface area (Å²) < 4.78 is 5.35. The Morgan fingerprint density at radius 1 is 1.29 bits per heavy atom. The normalized spacial score (nSPS) is 18.5. The second-order valence-electron chi connectivity index (χ2n) is 5.42. The predicted molar refractivity (Wildman–Crippen MR) is 97.0 cm³/mol. The molecule has 3 N–H and O–H groups in total. The number of anilines is 1. The van der Waals surface area contributed by atoms with E-state index in [4.69, 9.17) is 4.74 Å². The minimum absolute atomic E-state index is 0.146. The molecule has 2 aromatic carbocycles. The molecule has 1 heterocycles. The number of benzene rings is 2. The Kier molecular flexibility index (Phi) is 4.66. The molecule has 0 aliphatic carbocycles. The Morgan fingerprint density at radius 2 is 2.12 bits per heavy atom. The van der Waals surface area contributed by atoms with Crippen molar-refractivity contribution in [3.05, 3.63) is 58.5 Å². The van der Waals surface area contributed by atoms with Crippen molar-refractivity contribution in [3.8, 4) is 11.5 Å². The van der Waals surface area contributed by atoms with E-state index in [2.05, 4.69) is 10.6 Å².